The molecule has 1 heterocycles. The molecular weight excluding hydrogens is 272 g/mol. The van der Waals surface area contributed by atoms with Crippen LogP contribution in [0.3, 0.4) is 0 Å². The lowest BCUT2D eigenvalue weighted by molar-refractivity contribution is -0.259. The zero-order chi connectivity index (χ0) is 15.5. The summed E-state index contributed by atoms with van der Waals surface area (Å²) < 4.78 is 16.9. The number of aliphatic hydroxyl groups is 2. The summed E-state index contributed by atoms with van der Waals surface area (Å²) in [6, 6.07) is 0. The van der Waals surface area contributed by atoms with Crippen LogP contribution in [0.4, 0.5) is 0 Å². The third-order valence-electron chi connectivity index (χ3n) is 3.76. The SMILES string of the molecule is CCCCCOC[C@H]1OC(OCCCCC)C[C@@H](O)[C@@H]1O. The molecule has 0 aromatic heterocycles. The Labute approximate surface area is 128 Å². The molecule has 0 radical (unpaired) electrons. The fraction of sp³-hybridized carbons (Fsp3) is 1.00. The molecule has 0 aromatic carbocycles. The maximum atomic E-state index is 9.96. The molecule has 0 saturated carbocycles. The number of hydrogen-bond acceptors (Lipinski definition) is 5. The van der Waals surface area contributed by atoms with Crippen LogP contribution in [-0.2, 0) is 14.2 Å². The van der Waals surface area contributed by atoms with Crippen LogP contribution in [0.2, 0.25) is 0 Å². The number of aliphatic hydroxyl groups excluding tert-OH is 2. The summed E-state index contributed by atoms with van der Waals surface area (Å²) in [5.41, 5.74) is 0. The van der Waals surface area contributed by atoms with Gasteiger partial charge in [-0.15, -0.1) is 0 Å². The second-order valence-corrected chi connectivity index (χ2v) is 5.76. The fourth-order valence-electron chi connectivity index (χ4n) is 2.38. The van der Waals surface area contributed by atoms with Crippen molar-refractivity contribution in [3.63, 3.8) is 0 Å². The highest BCUT2D eigenvalue weighted by molar-refractivity contribution is 4.82. The van der Waals surface area contributed by atoms with E-state index >= 15 is 0 Å². The number of unbranched alkanes of at least 4 members (excludes halogenated alkanes) is 4. The lowest BCUT2D eigenvalue weighted by Gasteiger charge is -2.36. The summed E-state index contributed by atoms with van der Waals surface area (Å²) >= 11 is 0. The average molecular weight is 304 g/mol. The highest BCUT2D eigenvalue weighted by Crippen LogP contribution is 2.22. The van der Waals surface area contributed by atoms with Crippen molar-refractivity contribution in [2.75, 3.05) is 19.8 Å². The van der Waals surface area contributed by atoms with Gasteiger partial charge in [-0.3, -0.25) is 0 Å². The third kappa shape index (κ3) is 7.56. The highest BCUT2D eigenvalue weighted by Gasteiger charge is 2.37. The molecule has 1 aliphatic heterocycles. The van der Waals surface area contributed by atoms with Gasteiger partial charge in [-0.1, -0.05) is 39.5 Å². The summed E-state index contributed by atoms with van der Waals surface area (Å²) in [7, 11) is 0. The van der Waals surface area contributed by atoms with E-state index in [4.69, 9.17) is 14.2 Å². The number of ether oxygens (including phenoxy) is 3. The molecule has 5 nitrogen and oxygen atoms in total. The predicted molar refractivity (Wildman–Crippen MR) is 81.1 cm³/mol. The van der Waals surface area contributed by atoms with E-state index in [0.29, 0.717) is 26.2 Å². The maximum Gasteiger partial charge on any atom is 0.160 e. The van der Waals surface area contributed by atoms with Crippen molar-refractivity contribution < 1.29 is 24.4 Å². The smallest absolute Gasteiger partial charge is 0.160 e. The number of hydrogen-bond donors (Lipinski definition) is 2. The summed E-state index contributed by atoms with van der Waals surface area (Å²) in [6.45, 7) is 5.88. The zero-order valence-electron chi connectivity index (χ0n) is 13.5. The molecule has 1 rings (SSSR count). The standard InChI is InChI=1S/C16H32O5/c1-3-5-7-9-19-12-14-16(18)13(17)11-15(21-14)20-10-8-6-4-2/h13-18H,3-12H2,1-2H3/t13-,14-,15?,16+/m1/s1. The van der Waals surface area contributed by atoms with Gasteiger partial charge in [0, 0.05) is 19.6 Å². The monoisotopic (exact) mass is 304 g/mol. The second kappa shape index (κ2) is 11.4. The quantitative estimate of drug-likeness (QED) is 0.573. The minimum atomic E-state index is -0.897. The van der Waals surface area contributed by atoms with E-state index in [1.54, 1.807) is 0 Å². The molecule has 0 aromatic rings. The van der Waals surface area contributed by atoms with Gasteiger partial charge in [0.25, 0.3) is 0 Å². The lowest BCUT2D eigenvalue weighted by Crippen LogP contribution is -2.51. The second-order valence-electron chi connectivity index (χ2n) is 5.76. The minimum absolute atomic E-state index is 0.302. The molecule has 2 N–H and O–H groups in total. The topological polar surface area (TPSA) is 68.2 Å². The van der Waals surface area contributed by atoms with Crippen LogP contribution in [0.15, 0.2) is 0 Å². The van der Waals surface area contributed by atoms with E-state index in [0.717, 1.165) is 38.5 Å². The summed E-state index contributed by atoms with van der Waals surface area (Å²) in [5, 5.41) is 19.9. The van der Waals surface area contributed by atoms with E-state index in [9.17, 15) is 10.2 Å². The van der Waals surface area contributed by atoms with Gasteiger partial charge in [0.1, 0.15) is 12.2 Å². The fourth-order valence-corrected chi connectivity index (χ4v) is 2.38. The van der Waals surface area contributed by atoms with Gasteiger partial charge in [0.05, 0.1) is 12.7 Å². The molecule has 0 amide bonds. The molecule has 1 unspecified atom stereocenters. The Morgan fingerprint density at radius 1 is 1.00 bits per heavy atom. The Kier molecular flexibility index (Phi) is 10.2. The molecule has 4 atom stereocenters. The van der Waals surface area contributed by atoms with Crippen LogP contribution in [0.25, 0.3) is 0 Å². The van der Waals surface area contributed by atoms with Crippen molar-refractivity contribution in [1.29, 1.82) is 0 Å². The first kappa shape index (κ1) is 18.8. The first-order valence-corrected chi connectivity index (χ1v) is 8.40. The van der Waals surface area contributed by atoms with Crippen molar-refractivity contribution in [2.24, 2.45) is 0 Å². The van der Waals surface area contributed by atoms with Gasteiger partial charge < -0.3 is 24.4 Å². The third-order valence-corrected chi connectivity index (χ3v) is 3.76. The highest BCUT2D eigenvalue weighted by atomic mass is 16.7. The van der Waals surface area contributed by atoms with Gasteiger partial charge in [0.2, 0.25) is 0 Å². The van der Waals surface area contributed by atoms with Crippen molar-refractivity contribution >= 4 is 0 Å². The molecule has 1 fully saturated rings. The molecule has 0 spiro atoms. The van der Waals surface area contributed by atoms with Gasteiger partial charge in [0.15, 0.2) is 6.29 Å². The van der Waals surface area contributed by atoms with Crippen molar-refractivity contribution in [1.82, 2.24) is 0 Å². The van der Waals surface area contributed by atoms with E-state index in [-0.39, 0.29) is 0 Å². The van der Waals surface area contributed by atoms with Crippen LogP contribution in [-0.4, -0.2) is 54.6 Å². The first-order chi connectivity index (χ1) is 10.2. The summed E-state index contributed by atoms with van der Waals surface area (Å²) in [6.07, 6.45) is 4.23. The zero-order valence-corrected chi connectivity index (χ0v) is 13.5. The Balaban J connectivity index is 2.25. The van der Waals surface area contributed by atoms with Crippen molar-refractivity contribution in [2.45, 2.75) is 83.4 Å². The molecule has 0 bridgehead atoms. The van der Waals surface area contributed by atoms with Gasteiger partial charge in [-0.25, -0.2) is 0 Å². The van der Waals surface area contributed by atoms with Crippen LogP contribution >= 0.6 is 0 Å². The van der Waals surface area contributed by atoms with Crippen molar-refractivity contribution in [3.8, 4) is 0 Å². The van der Waals surface area contributed by atoms with Crippen LogP contribution in [0.1, 0.15) is 58.8 Å². The van der Waals surface area contributed by atoms with Crippen molar-refractivity contribution in [3.05, 3.63) is 0 Å². The molecule has 1 aliphatic rings. The van der Waals surface area contributed by atoms with Crippen LogP contribution in [0.5, 0.6) is 0 Å². The first-order valence-electron chi connectivity index (χ1n) is 8.40. The Morgan fingerprint density at radius 2 is 1.67 bits per heavy atom. The van der Waals surface area contributed by atoms with E-state index in [1.165, 1.54) is 0 Å². The largest absolute Gasteiger partial charge is 0.390 e. The molecule has 0 aliphatic carbocycles. The average Bonchev–Trinajstić information content (AvgIpc) is 2.48. The van der Waals surface area contributed by atoms with Gasteiger partial charge in [-0.05, 0) is 12.8 Å². The summed E-state index contributed by atoms with van der Waals surface area (Å²) in [5.74, 6) is 0. The Morgan fingerprint density at radius 3 is 2.33 bits per heavy atom. The van der Waals surface area contributed by atoms with Gasteiger partial charge >= 0.3 is 0 Å². The van der Waals surface area contributed by atoms with Gasteiger partial charge in [-0.2, -0.15) is 0 Å². The maximum absolute atomic E-state index is 9.96. The molecule has 5 heteroatoms. The lowest BCUT2D eigenvalue weighted by atomic mass is 10.0. The number of rotatable bonds is 11. The Bertz CT molecular complexity index is 249. The molecular formula is C16H32O5. The van der Waals surface area contributed by atoms with Crippen LogP contribution < -0.4 is 0 Å². The van der Waals surface area contributed by atoms with E-state index in [1.807, 2.05) is 0 Å². The van der Waals surface area contributed by atoms with Crippen LogP contribution in [0, 0.1) is 0 Å². The van der Waals surface area contributed by atoms with E-state index < -0.39 is 24.6 Å². The molecule has 1 saturated heterocycles. The normalized spacial score (nSPS) is 29.7. The molecule has 126 valence electrons. The molecule has 21 heavy (non-hydrogen) atoms. The predicted octanol–water partition coefficient (Wildman–Crippen LogP) is 2.24. The Hall–Kier alpha value is -0.200. The summed E-state index contributed by atoms with van der Waals surface area (Å²) in [4.78, 5) is 0. The van der Waals surface area contributed by atoms with E-state index in [2.05, 4.69) is 13.8 Å². The minimum Gasteiger partial charge on any atom is -0.390 e.